The van der Waals surface area contributed by atoms with E-state index >= 15 is 0 Å². The summed E-state index contributed by atoms with van der Waals surface area (Å²) >= 11 is 3.42. The van der Waals surface area contributed by atoms with Gasteiger partial charge in [0, 0.05) is 24.7 Å². The van der Waals surface area contributed by atoms with Crippen molar-refractivity contribution in [1.29, 1.82) is 0 Å². The second kappa shape index (κ2) is 5.28. The van der Waals surface area contributed by atoms with Crippen LogP contribution in [0.4, 0.5) is 5.69 Å². The number of hydrogen-bond acceptors (Lipinski definition) is 3. The SMILES string of the molecule is COc1ccc(N(C)C(=O)C2CC(N)C2)cc1Br. The maximum absolute atomic E-state index is 12.2. The lowest BCUT2D eigenvalue weighted by molar-refractivity contribution is -0.124. The van der Waals surface area contributed by atoms with E-state index in [1.165, 1.54) is 0 Å². The van der Waals surface area contributed by atoms with Crippen molar-refractivity contribution in [2.45, 2.75) is 18.9 Å². The number of halogens is 1. The first-order chi connectivity index (χ1) is 8.52. The standard InChI is InChI=1S/C13H17BrN2O2/c1-16(13(17)8-5-9(15)6-8)10-3-4-12(18-2)11(14)7-10/h3-4,7-9H,5-6,15H2,1-2H3. The Morgan fingerprint density at radius 1 is 1.50 bits per heavy atom. The summed E-state index contributed by atoms with van der Waals surface area (Å²) in [5.74, 6) is 0.963. The zero-order chi connectivity index (χ0) is 13.3. The molecule has 0 radical (unpaired) electrons. The predicted molar refractivity (Wildman–Crippen MR) is 74.8 cm³/mol. The predicted octanol–water partition coefficient (Wildman–Crippen LogP) is 2.16. The third kappa shape index (κ3) is 2.52. The quantitative estimate of drug-likeness (QED) is 0.930. The van der Waals surface area contributed by atoms with Crippen LogP contribution in [0, 0.1) is 5.92 Å². The smallest absolute Gasteiger partial charge is 0.229 e. The molecule has 1 aliphatic carbocycles. The first kappa shape index (κ1) is 13.4. The molecule has 1 saturated carbocycles. The number of benzene rings is 1. The Bertz CT molecular complexity index is 458. The van der Waals surface area contributed by atoms with Gasteiger partial charge in [0.05, 0.1) is 11.6 Å². The molecule has 1 amide bonds. The summed E-state index contributed by atoms with van der Waals surface area (Å²) in [6.45, 7) is 0. The maximum Gasteiger partial charge on any atom is 0.229 e. The number of nitrogens with two attached hydrogens (primary N) is 1. The molecule has 5 heteroatoms. The molecule has 0 aliphatic heterocycles. The van der Waals surface area contributed by atoms with Crippen LogP contribution in [0.1, 0.15) is 12.8 Å². The first-order valence-corrected chi connectivity index (χ1v) is 6.69. The van der Waals surface area contributed by atoms with E-state index in [1.807, 2.05) is 18.2 Å². The molecule has 0 unspecified atom stereocenters. The van der Waals surface area contributed by atoms with Gasteiger partial charge in [0.1, 0.15) is 5.75 Å². The van der Waals surface area contributed by atoms with Crippen LogP contribution in [0.25, 0.3) is 0 Å². The van der Waals surface area contributed by atoms with Crippen LogP contribution in [-0.2, 0) is 4.79 Å². The van der Waals surface area contributed by atoms with Crippen LogP contribution in [0.2, 0.25) is 0 Å². The summed E-state index contributed by atoms with van der Waals surface area (Å²) in [4.78, 5) is 13.8. The normalized spacial score (nSPS) is 22.2. The van der Waals surface area contributed by atoms with E-state index < -0.39 is 0 Å². The van der Waals surface area contributed by atoms with Crippen molar-refractivity contribution in [1.82, 2.24) is 0 Å². The summed E-state index contributed by atoms with van der Waals surface area (Å²) < 4.78 is 6.01. The average Bonchev–Trinajstić information content (AvgIpc) is 2.33. The van der Waals surface area contributed by atoms with E-state index in [4.69, 9.17) is 10.5 Å². The molecule has 0 atom stereocenters. The Labute approximate surface area is 115 Å². The molecular formula is C13H17BrN2O2. The number of nitrogens with zero attached hydrogens (tertiary/aromatic N) is 1. The molecule has 1 aliphatic rings. The fraction of sp³-hybridized carbons (Fsp3) is 0.462. The third-order valence-corrected chi connectivity index (χ3v) is 4.00. The second-order valence-corrected chi connectivity index (χ2v) is 5.50. The van der Waals surface area contributed by atoms with Gasteiger partial charge in [-0.3, -0.25) is 4.79 Å². The number of carbonyl (C=O) groups excluding carboxylic acids is 1. The Morgan fingerprint density at radius 3 is 2.67 bits per heavy atom. The van der Waals surface area contributed by atoms with Crippen molar-refractivity contribution in [3.05, 3.63) is 22.7 Å². The van der Waals surface area contributed by atoms with E-state index in [0.29, 0.717) is 0 Å². The van der Waals surface area contributed by atoms with Crippen molar-refractivity contribution < 1.29 is 9.53 Å². The number of anilines is 1. The highest BCUT2D eigenvalue weighted by Crippen LogP contribution is 2.32. The number of methoxy groups -OCH3 is 1. The number of hydrogen-bond donors (Lipinski definition) is 1. The third-order valence-electron chi connectivity index (χ3n) is 3.38. The van der Waals surface area contributed by atoms with Crippen molar-refractivity contribution in [3.63, 3.8) is 0 Å². The average molecular weight is 313 g/mol. The molecule has 1 fully saturated rings. The molecule has 18 heavy (non-hydrogen) atoms. The van der Waals surface area contributed by atoms with Crippen molar-refractivity contribution in [3.8, 4) is 5.75 Å². The van der Waals surface area contributed by atoms with E-state index in [1.54, 1.807) is 19.1 Å². The zero-order valence-electron chi connectivity index (χ0n) is 10.5. The summed E-state index contributed by atoms with van der Waals surface area (Å²) in [5.41, 5.74) is 6.57. The van der Waals surface area contributed by atoms with Crippen LogP contribution in [0.3, 0.4) is 0 Å². The second-order valence-electron chi connectivity index (χ2n) is 4.64. The maximum atomic E-state index is 12.2. The summed E-state index contributed by atoms with van der Waals surface area (Å²) in [6, 6.07) is 5.79. The minimum Gasteiger partial charge on any atom is -0.496 e. The molecule has 0 aromatic heterocycles. The van der Waals surface area contributed by atoms with Gasteiger partial charge < -0.3 is 15.4 Å². The molecule has 98 valence electrons. The van der Waals surface area contributed by atoms with Crippen LogP contribution < -0.4 is 15.4 Å². The van der Waals surface area contributed by atoms with E-state index in [0.717, 1.165) is 28.8 Å². The molecule has 0 spiro atoms. The van der Waals surface area contributed by atoms with E-state index in [2.05, 4.69) is 15.9 Å². The van der Waals surface area contributed by atoms with Crippen LogP contribution in [-0.4, -0.2) is 26.1 Å². The highest BCUT2D eigenvalue weighted by atomic mass is 79.9. The minimum atomic E-state index is 0.0749. The van der Waals surface area contributed by atoms with Gasteiger partial charge in [0.15, 0.2) is 0 Å². The van der Waals surface area contributed by atoms with Crippen molar-refractivity contribution in [2.75, 3.05) is 19.1 Å². The lowest BCUT2D eigenvalue weighted by Gasteiger charge is -2.34. The summed E-state index contributed by atoms with van der Waals surface area (Å²) in [5, 5.41) is 0. The van der Waals surface area contributed by atoms with Crippen LogP contribution in [0.5, 0.6) is 5.75 Å². The van der Waals surface area contributed by atoms with E-state index in [-0.39, 0.29) is 17.9 Å². The Morgan fingerprint density at radius 2 is 2.17 bits per heavy atom. The molecule has 0 bridgehead atoms. The Hall–Kier alpha value is -1.07. The molecule has 0 heterocycles. The van der Waals surface area contributed by atoms with Crippen LogP contribution in [0.15, 0.2) is 22.7 Å². The van der Waals surface area contributed by atoms with Gasteiger partial charge in [-0.15, -0.1) is 0 Å². The van der Waals surface area contributed by atoms with Gasteiger partial charge in [-0.05, 0) is 47.0 Å². The number of carbonyl (C=O) groups is 1. The minimum absolute atomic E-state index is 0.0749. The van der Waals surface area contributed by atoms with Crippen LogP contribution >= 0.6 is 15.9 Å². The zero-order valence-corrected chi connectivity index (χ0v) is 12.1. The fourth-order valence-electron chi connectivity index (χ4n) is 2.13. The number of amides is 1. The largest absolute Gasteiger partial charge is 0.496 e. The lowest BCUT2D eigenvalue weighted by Crippen LogP contribution is -2.45. The monoisotopic (exact) mass is 312 g/mol. The van der Waals surface area contributed by atoms with Gasteiger partial charge in [0.25, 0.3) is 0 Å². The van der Waals surface area contributed by atoms with Gasteiger partial charge in [0.2, 0.25) is 5.91 Å². The van der Waals surface area contributed by atoms with Gasteiger partial charge >= 0.3 is 0 Å². The topological polar surface area (TPSA) is 55.6 Å². The molecule has 4 nitrogen and oxygen atoms in total. The number of ether oxygens (including phenoxy) is 1. The molecule has 2 rings (SSSR count). The first-order valence-electron chi connectivity index (χ1n) is 5.89. The Kier molecular flexibility index (Phi) is 3.92. The Balaban J connectivity index is 2.11. The van der Waals surface area contributed by atoms with Crippen molar-refractivity contribution in [2.24, 2.45) is 11.7 Å². The molecule has 2 N–H and O–H groups in total. The molecule has 0 saturated heterocycles. The summed E-state index contributed by atoms with van der Waals surface area (Å²) in [7, 11) is 3.41. The lowest BCUT2D eigenvalue weighted by atomic mass is 9.80. The summed E-state index contributed by atoms with van der Waals surface area (Å²) in [6.07, 6.45) is 1.58. The fourth-order valence-corrected chi connectivity index (χ4v) is 2.66. The highest BCUT2D eigenvalue weighted by molar-refractivity contribution is 9.10. The van der Waals surface area contributed by atoms with Gasteiger partial charge in [-0.1, -0.05) is 0 Å². The number of rotatable bonds is 3. The van der Waals surface area contributed by atoms with Gasteiger partial charge in [-0.2, -0.15) is 0 Å². The molecule has 1 aromatic carbocycles. The van der Waals surface area contributed by atoms with Crippen molar-refractivity contribution >= 4 is 27.5 Å². The van der Waals surface area contributed by atoms with E-state index in [9.17, 15) is 4.79 Å². The molecule has 1 aromatic rings. The van der Waals surface area contributed by atoms with Gasteiger partial charge in [-0.25, -0.2) is 0 Å². The highest BCUT2D eigenvalue weighted by Gasteiger charge is 2.34. The molecular weight excluding hydrogens is 296 g/mol.